The van der Waals surface area contributed by atoms with E-state index < -0.39 is 61.3 Å². The van der Waals surface area contributed by atoms with Crippen LogP contribution in [-0.2, 0) is 19.1 Å². The van der Waals surface area contributed by atoms with E-state index in [-0.39, 0.29) is 0 Å². The molecule has 0 aliphatic rings. The molecule has 0 aromatic carbocycles. The largest absolute Gasteiger partial charge is 0.475 e. The average molecular weight is 310 g/mol. The number of carbonyl (C=O) groups is 3. The lowest BCUT2D eigenvalue weighted by Gasteiger charge is -2.28. The maximum absolute atomic E-state index is 10.8. The van der Waals surface area contributed by atoms with Crippen molar-refractivity contribution >= 4 is 17.7 Å². The van der Waals surface area contributed by atoms with Crippen LogP contribution in [0.4, 0.5) is 0 Å². The summed E-state index contributed by atoms with van der Waals surface area (Å²) in [4.78, 5) is 31.6. The molecule has 10 nitrogen and oxygen atoms in total. The van der Waals surface area contributed by atoms with Crippen molar-refractivity contribution in [3.8, 4) is 0 Å². The van der Waals surface area contributed by atoms with E-state index in [2.05, 4.69) is 4.74 Å². The van der Waals surface area contributed by atoms with Gasteiger partial charge < -0.3 is 35.4 Å². The maximum atomic E-state index is 10.8. The number of Topliss-reactive ketones (excluding diaryl/α,β-unsaturated/α-hetero) is 1. The third-order valence-corrected chi connectivity index (χ3v) is 2.58. The monoisotopic (exact) mass is 310 g/mol. The smallest absolute Gasteiger partial charge is 0.372 e. The molecule has 5 atom stereocenters. The lowest BCUT2D eigenvalue weighted by atomic mass is 9.97. The fourth-order valence-corrected chi connectivity index (χ4v) is 1.36. The SMILES string of the molecule is CC(=O)OC[C@@H](O)[C@@H](O)[C@H](O)[C@H](O)[C@@H](O)CC(=O)C(=O)O. The number of esters is 1. The zero-order valence-electron chi connectivity index (χ0n) is 11.1. The molecule has 0 radical (unpaired) electrons. The number of rotatable bonds is 9. The molecular weight excluding hydrogens is 292 g/mol. The van der Waals surface area contributed by atoms with Gasteiger partial charge in [0.2, 0.25) is 5.78 Å². The van der Waals surface area contributed by atoms with Gasteiger partial charge in [-0.3, -0.25) is 9.59 Å². The molecule has 0 rings (SSSR count). The Morgan fingerprint density at radius 3 is 1.81 bits per heavy atom. The van der Waals surface area contributed by atoms with Gasteiger partial charge >= 0.3 is 11.9 Å². The molecule has 0 spiro atoms. The van der Waals surface area contributed by atoms with Gasteiger partial charge in [-0.15, -0.1) is 0 Å². The number of aliphatic carboxylic acids is 1. The molecule has 0 amide bonds. The van der Waals surface area contributed by atoms with Crippen LogP contribution in [0.3, 0.4) is 0 Å². The molecule has 6 N–H and O–H groups in total. The molecule has 0 bridgehead atoms. The van der Waals surface area contributed by atoms with Crippen molar-refractivity contribution in [3.05, 3.63) is 0 Å². The number of carbonyl (C=O) groups excluding carboxylic acids is 2. The van der Waals surface area contributed by atoms with E-state index in [0.29, 0.717) is 0 Å². The van der Waals surface area contributed by atoms with Gasteiger partial charge in [0.1, 0.15) is 31.0 Å². The highest BCUT2D eigenvalue weighted by atomic mass is 16.5. The van der Waals surface area contributed by atoms with Gasteiger partial charge in [-0.05, 0) is 0 Å². The molecule has 0 heterocycles. The van der Waals surface area contributed by atoms with Gasteiger partial charge in [0.05, 0.1) is 6.10 Å². The molecule has 0 unspecified atom stereocenters. The Balaban J connectivity index is 4.52. The number of ketones is 1. The standard InChI is InChI=1S/C11H18O10/c1-4(12)21-3-7(15)9(17)10(18)8(16)5(13)2-6(14)11(19)20/h5,7-10,13,15-18H,2-3H2,1H3,(H,19,20)/t5-,7+,8+,9+,10+/m0/s1. The van der Waals surface area contributed by atoms with Crippen LogP contribution >= 0.6 is 0 Å². The minimum absolute atomic E-state index is 0.662. The first-order valence-corrected chi connectivity index (χ1v) is 5.87. The number of aliphatic hydroxyl groups excluding tert-OH is 5. The van der Waals surface area contributed by atoms with Crippen molar-refractivity contribution in [2.75, 3.05) is 6.61 Å². The molecule has 122 valence electrons. The Labute approximate surface area is 119 Å². The number of hydrogen-bond acceptors (Lipinski definition) is 9. The quantitative estimate of drug-likeness (QED) is 0.184. The summed E-state index contributed by atoms with van der Waals surface area (Å²) in [7, 11) is 0. The molecule has 0 aliphatic heterocycles. The van der Waals surface area contributed by atoms with E-state index in [4.69, 9.17) is 5.11 Å². The van der Waals surface area contributed by atoms with Crippen LogP contribution in [0.15, 0.2) is 0 Å². The fourth-order valence-electron chi connectivity index (χ4n) is 1.36. The van der Waals surface area contributed by atoms with E-state index in [9.17, 15) is 39.9 Å². The summed E-state index contributed by atoms with van der Waals surface area (Å²) in [5.74, 6) is -3.97. The second kappa shape index (κ2) is 8.64. The average Bonchev–Trinajstić information content (AvgIpc) is 2.41. The zero-order chi connectivity index (χ0) is 16.7. The van der Waals surface area contributed by atoms with Crippen molar-refractivity contribution in [1.29, 1.82) is 0 Å². The van der Waals surface area contributed by atoms with Crippen molar-refractivity contribution in [3.63, 3.8) is 0 Å². The lowest BCUT2D eigenvalue weighted by Crippen LogP contribution is -2.50. The first-order valence-electron chi connectivity index (χ1n) is 5.87. The van der Waals surface area contributed by atoms with Crippen LogP contribution in [-0.4, -0.2) is 85.5 Å². The van der Waals surface area contributed by atoms with Crippen LogP contribution < -0.4 is 0 Å². The Bertz CT molecular complexity index is 381. The summed E-state index contributed by atoms with van der Waals surface area (Å²) < 4.78 is 4.38. The molecule has 0 aliphatic carbocycles. The number of hydrogen-bond donors (Lipinski definition) is 6. The molecule has 0 saturated heterocycles. The summed E-state index contributed by atoms with van der Waals surface area (Å²) in [5, 5.41) is 55.6. The van der Waals surface area contributed by atoms with Gasteiger partial charge in [-0.2, -0.15) is 0 Å². The van der Waals surface area contributed by atoms with Crippen LogP contribution in [0.1, 0.15) is 13.3 Å². The number of aliphatic hydroxyl groups is 5. The molecule has 21 heavy (non-hydrogen) atoms. The van der Waals surface area contributed by atoms with Crippen molar-refractivity contribution in [2.24, 2.45) is 0 Å². The first kappa shape index (κ1) is 19.4. The Hall–Kier alpha value is -1.59. The second-order valence-electron chi connectivity index (χ2n) is 4.34. The first-order chi connectivity index (χ1) is 9.57. The van der Waals surface area contributed by atoms with E-state index in [1.807, 2.05) is 0 Å². The van der Waals surface area contributed by atoms with E-state index in [1.165, 1.54) is 0 Å². The van der Waals surface area contributed by atoms with Gasteiger partial charge in [-0.25, -0.2) is 4.79 Å². The summed E-state index contributed by atoms with van der Waals surface area (Å²) in [6.07, 6.45) is -10.9. The highest BCUT2D eigenvalue weighted by Crippen LogP contribution is 2.11. The van der Waals surface area contributed by atoms with Gasteiger partial charge in [-0.1, -0.05) is 0 Å². The van der Waals surface area contributed by atoms with Crippen LogP contribution in [0.2, 0.25) is 0 Å². The van der Waals surface area contributed by atoms with Crippen molar-refractivity contribution in [1.82, 2.24) is 0 Å². The second-order valence-corrected chi connectivity index (χ2v) is 4.34. The van der Waals surface area contributed by atoms with Crippen molar-refractivity contribution in [2.45, 2.75) is 43.9 Å². The van der Waals surface area contributed by atoms with Crippen LogP contribution in [0.5, 0.6) is 0 Å². The fraction of sp³-hybridized carbons (Fsp3) is 0.727. The molecule has 0 aromatic rings. The third-order valence-electron chi connectivity index (χ3n) is 2.58. The number of carboxylic acids is 1. The summed E-state index contributed by atoms with van der Waals surface area (Å²) in [6.45, 7) is 0.385. The summed E-state index contributed by atoms with van der Waals surface area (Å²) in [5.41, 5.74) is 0. The Morgan fingerprint density at radius 2 is 1.38 bits per heavy atom. The maximum Gasteiger partial charge on any atom is 0.372 e. The van der Waals surface area contributed by atoms with E-state index >= 15 is 0 Å². The number of carboxylic acid groups (broad SMARTS) is 1. The van der Waals surface area contributed by atoms with Gasteiger partial charge in [0, 0.05) is 13.3 Å². The molecule has 0 saturated carbocycles. The summed E-state index contributed by atoms with van der Waals surface area (Å²) >= 11 is 0. The molecule has 10 heteroatoms. The van der Waals surface area contributed by atoms with Crippen LogP contribution in [0.25, 0.3) is 0 Å². The number of ether oxygens (including phenoxy) is 1. The lowest BCUT2D eigenvalue weighted by molar-refractivity contribution is -0.161. The topological polar surface area (TPSA) is 182 Å². The third kappa shape index (κ3) is 6.60. The van der Waals surface area contributed by atoms with Gasteiger partial charge in [0.25, 0.3) is 0 Å². The minimum atomic E-state index is -2.09. The minimum Gasteiger partial charge on any atom is -0.475 e. The van der Waals surface area contributed by atoms with Crippen molar-refractivity contribution < 1.29 is 49.8 Å². The highest BCUT2D eigenvalue weighted by molar-refractivity contribution is 6.32. The predicted octanol–water partition coefficient (Wildman–Crippen LogP) is -3.60. The Kier molecular flexibility index (Phi) is 7.99. The van der Waals surface area contributed by atoms with E-state index in [1.54, 1.807) is 0 Å². The van der Waals surface area contributed by atoms with E-state index in [0.717, 1.165) is 6.92 Å². The van der Waals surface area contributed by atoms with Gasteiger partial charge in [0.15, 0.2) is 0 Å². The normalized spacial score (nSPS) is 18.2. The highest BCUT2D eigenvalue weighted by Gasteiger charge is 2.36. The van der Waals surface area contributed by atoms with Crippen LogP contribution in [0, 0.1) is 0 Å². The predicted molar refractivity (Wildman–Crippen MR) is 63.9 cm³/mol. The molecular formula is C11H18O10. The summed E-state index contributed by atoms with van der Waals surface area (Å²) in [6, 6.07) is 0. The Morgan fingerprint density at radius 1 is 0.905 bits per heavy atom. The zero-order valence-corrected chi connectivity index (χ0v) is 11.1. The molecule has 0 fully saturated rings. The molecule has 0 aromatic heterocycles.